The molecule has 2 saturated carbocycles. The van der Waals surface area contributed by atoms with E-state index in [2.05, 4.69) is 5.32 Å². The van der Waals surface area contributed by atoms with E-state index >= 15 is 0 Å². The van der Waals surface area contributed by atoms with E-state index in [1.165, 1.54) is 0 Å². The Morgan fingerprint density at radius 2 is 1.75 bits per heavy atom. The van der Waals surface area contributed by atoms with Crippen molar-refractivity contribution < 1.29 is 13.2 Å². The predicted molar refractivity (Wildman–Crippen MR) is 61.8 cm³/mol. The van der Waals surface area contributed by atoms with E-state index in [0.717, 1.165) is 38.5 Å². The largest absolute Gasteiger partial charge is 0.353 e. The first-order valence-electron chi connectivity index (χ1n) is 6.09. The summed E-state index contributed by atoms with van der Waals surface area (Å²) in [5.41, 5.74) is 0. The summed E-state index contributed by atoms with van der Waals surface area (Å²) in [6.45, 7) is 0. The molecular weight excluding hydrogens is 226 g/mol. The van der Waals surface area contributed by atoms with Gasteiger partial charge in [-0.05, 0) is 25.7 Å². The lowest BCUT2D eigenvalue weighted by Crippen LogP contribution is -2.29. The summed E-state index contributed by atoms with van der Waals surface area (Å²) in [5.74, 6) is -0.0833. The van der Waals surface area contributed by atoms with Gasteiger partial charge in [-0.25, -0.2) is 8.42 Å². The van der Waals surface area contributed by atoms with Crippen LogP contribution in [-0.4, -0.2) is 31.4 Å². The lowest BCUT2D eigenvalue weighted by Gasteiger charge is -2.10. The van der Waals surface area contributed by atoms with Crippen molar-refractivity contribution in [2.24, 2.45) is 0 Å². The van der Waals surface area contributed by atoms with Crippen molar-refractivity contribution in [1.82, 2.24) is 5.32 Å². The van der Waals surface area contributed by atoms with Gasteiger partial charge < -0.3 is 5.32 Å². The van der Waals surface area contributed by atoms with Gasteiger partial charge in [-0.3, -0.25) is 4.79 Å². The molecule has 2 rings (SSSR count). The molecule has 16 heavy (non-hydrogen) atoms. The van der Waals surface area contributed by atoms with Crippen molar-refractivity contribution in [3.05, 3.63) is 0 Å². The number of carbonyl (C=O) groups excluding carboxylic acids is 1. The van der Waals surface area contributed by atoms with Crippen LogP contribution in [-0.2, 0) is 14.6 Å². The van der Waals surface area contributed by atoms with Crippen LogP contribution in [0.1, 0.15) is 44.9 Å². The highest BCUT2D eigenvalue weighted by Crippen LogP contribution is 2.25. The van der Waals surface area contributed by atoms with Crippen molar-refractivity contribution in [2.75, 3.05) is 5.75 Å². The number of amides is 1. The van der Waals surface area contributed by atoms with E-state index < -0.39 is 9.84 Å². The zero-order valence-electron chi connectivity index (χ0n) is 9.44. The number of sulfone groups is 1. The minimum atomic E-state index is -3.03. The summed E-state index contributed by atoms with van der Waals surface area (Å²) in [6, 6.07) is 0.321. The summed E-state index contributed by atoms with van der Waals surface area (Å²) < 4.78 is 23.7. The molecule has 92 valence electrons. The molecule has 4 nitrogen and oxygen atoms in total. The molecule has 0 aromatic heterocycles. The van der Waals surface area contributed by atoms with Gasteiger partial charge in [-0.2, -0.15) is 0 Å². The highest BCUT2D eigenvalue weighted by atomic mass is 32.2. The SMILES string of the molecule is O=C(CCS(=O)(=O)C1CCCC1)NC1CC1. The molecule has 1 N–H and O–H groups in total. The molecule has 5 heteroatoms. The van der Waals surface area contributed by atoms with E-state index in [1.807, 2.05) is 0 Å². The molecule has 0 heterocycles. The van der Waals surface area contributed by atoms with Crippen LogP contribution in [0.4, 0.5) is 0 Å². The average molecular weight is 245 g/mol. The minimum absolute atomic E-state index is 0.0240. The minimum Gasteiger partial charge on any atom is -0.353 e. The van der Waals surface area contributed by atoms with E-state index in [4.69, 9.17) is 0 Å². The lowest BCUT2D eigenvalue weighted by atomic mass is 10.4. The molecule has 0 unspecified atom stereocenters. The van der Waals surface area contributed by atoms with Crippen molar-refractivity contribution >= 4 is 15.7 Å². The van der Waals surface area contributed by atoms with Crippen LogP contribution in [0.2, 0.25) is 0 Å². The van der Waals surface area contributed by atoms with Crippen LogP contribution in [0.15, 0.2) is 0 Å². The first-order chi connectivity index (χ1) is 7.58. The fourth-order valence-corrected chi connectivity index (χ4v) is 4.03. The highest BCUT2D eigenvalue weighted by molar-refractivity contribution is 7.92. The zero-order valence-corrected chi connectivity index (χ0v) is 10.3. The van der Waals surface area contributed by atoms with E-state index in [-0.39, 0.29) is 23.3 Å². The Bertz CT molecular complexity index is 353. The second-order valence-corrected chi connectivity index (χ2v) is 7.27. The topological polar surface area (TPSA) is 63.2 Å². The summed E-state index contributed by atoms with van der Waals surface area (Å²) in [6.07, 6.45) is 5.81. The lowest BCUT2D eigenvalue weighted by molar-refractivity contribution is -0.120. The van der Waals surface area contributed by atoms with Crippen LogP contribution >= 0.6 is 0 Å². The maximum atomic E-state index is 11.9. The predicted octanol–water partition coefficient (Wildman–Crippen LogP) is 1.01. The Morgan fingerprint density at radius 1 is 1.12 bits per heavy atom. The van der Waals surface area contributed by atoms with E-state index in [0.29, 0.717) is 6.04 Å². The number of carbonyl (C=O) groups is 1. The zero-order chi connectivity index (χ0) is 11.6. The molecule has 0 saturated heterocycles. The van der Waals surface area contributed by atoms with E-state index in [9.17, 15) is 13.2 Å². The molecule has 0 radical (unpaired) electrons. The first kappa shape index (κ1) is 11.9. The van der Waals surface area contributed by atoms with Crippen molar-refractivity contribution in [1.29, 1.82) is 0 Å². The molecule has 0 aromatic carbocycles. The normalized spacial score (nSPS) is 22.2. The Balaban J connectivity index is 1.76. The van der Waals surface area contributed by atoms with Crippen molar-refractivity contribution in [3.63, 3.8) is 0 Å². The van der Waals surface area contributed by atoms with Crippen LogP contribution < -0.4 is 5.32 Å². The fourth-order valence-electron chi connectivity index (χ4n) is 2.18. The van der Waals surface area contributed by atoms with E-state index in [1.54, 1.807) is 0 Å². The van der Waals surface area contributed by atoms with Crippen LogP contribution in [0, 0.1) is 0 Å². The average Bonchev–Trinajstić information content (AvgIpc) is 2.86. The Hall–Kier alpha value is -0.580. The van der Waals surface area contributed by atoms with Gasteiger partial charge in [0.2, 0.25) is 5.91 Å². The van der Waals surface area contributed by atoms with Gasteiger partial charge in [0.25, 0.3) is 0 Å². The second kappa shape index (κ2) is 4.73. The molecule has 2 aliphatic rings. The Labute approximate surface area is 96.7 Å². The highest BCUT2D eigenvalue weighted by Gasteiger charge is 2.29. The quantitative estimate of drug-likeness (QED) is 0.786. The third-order valence-electron chi connectivity index (χ3n) is 3.37. The maximum Gasteiger partial charge on any atom is 0.221 e. The Morgan fingerprint density at radius 3 is 2.31 bits per heavy atom. The number of hydrogen-bond acceptors (Lipinski definition) is 3. The molecule has 0 atom stereocenters. The van der Waals surface area contributed by atoms with Crippen LogP contribution in [0.25, 0.3) is 0 Å². The monoisotopic (exact) mass is 245 g/mol. The van der Waals surface area contributed by atoms with Gasteiger partial charge in [-0.1, -0.05) is 12.8 Å². The van der Waals surface area contributed by atoms with Gasteiger partial charge in [0.05, 0.1) is 11.0 Å². The van der Waals surface area contributed by atoms with Crippen molar-refractivity contribution in [2.45, 2.75) is 56.2 Å². The van der Waals surface area contributed by atoms with Gasteiger partial charge in [-0.15, -0.1) is 0 Å². The fraction of sp³-hybridized carbons (Fsp3) is 0.909. The molecule has 2 aliphatic carbocycles. The first-order valence-corrected chi connectivity index (χ1v) is 7.80. The van der Waals surface area contributed by atoms with Gasteiger partial charge in [0, 0.05) is 12.5 Å². The maximum absolute atomic E-state index is 11.9. The molecular formula is C11H19NO3S. The van der Waals surface area contributed by atoms with Crippen LogP contribution in [0.3, 0.4) is 0 Å². The van der Waals surface area contributed by atoms with Gasteiger partial charge >= 0.3 is 0 Å². The molecule has 0 aromatic rings. The smallest absolute Gasteiger partial charge is 0.221 e. The summed E-state index contributed by atoms with van der Waals surface area (Å²) in [4.78, 5) is 11.4. The third kappa shape index (κ3) is 3.20. The second-order valence-electron chi connectivity index (χ2n) is 4.87. The number of hydrogen-bond donors (Lipinski definition) is 1. The summed E-state index contributed by atoms with van der Waals surface area (Å²) in [7, 11) is -3.03. The molecule has 2 fully saturated rings. The molecule has 1 amide bonds. The van der Waals surface area contributed by atoms with Gasteiger partial charge in [0.1, 0.15) is 0 Å². The molecule has 0 bridgehead atoms. The summed E-state index contributed by atoms with van der Waals surface area (Å²) in [5, 5.41) is 2.63. The standard InChI is InChI=1S/C11H19NO3S/c13-11(12-9-5-6-9)7-8-16(14,15)10-3-1-2-4-10/h9-10H,1-8H2,(H,12,13). The summed E-state index contributed by atoms with van der Waals surface area (Å²) >= 11 is 0. The number of nitrogens with one attached hydrogen (secondary N) is 1. The third-order valence-corrected chi connectivity index (χ3v) is 5.63. The van der Waals surface area contributed by atoms with Crippen LogP contribution in [0.5, 0.6) is 0 Å². The molecule has 0 aliphatic heterocycles. The van der Waals surface area contributed by atoms with Gasteiger partial charge in [0.15, 0.2) is 9.84 Å². The molecule has 0 spiro atoms. The Kier molecular flexibility index (Phi) is 3.52. The number of rotatable bonds is 5. The van der Waals surface area contributed by atoms with Crippen molar-refractivity contribution in [3.8, 4) is 0 Å².